The maximum absolute atomic E-state index is 14.5. The Hall–Kier alpha value is -2.28. The fourth-order valence-corrected chi connectivity index (χ4v) is 4.57. The second-order valence-corrected chi connectivity index (χ2v) is 8.07. The van der Waals surface area contributed by atoms with Crippen molar-refractivity contribution in [3.63, 3.8) is 0 Å². The molecule has 3 aliphatic carbocycles. The first-order valence-electron chi connectivity index (χ1n) is 8.90. The zero-order chi connectivity index (χ0) is 20.1. The van der Waals surface area contributed by atoms with Crippen LogP contribution in [0.1, 0.15) is 37.3 Å². The molecule has 0 radical (unpaired) electrons. The summed E-state index contributed by atoms with van der Waals surface area (Å²) < 4.78 is 44.2. The van der Waals surface area contributed by atoms with Crippen molar-refractivity contribution in [2.75, 3.05) is 0 Å². The van der Waals surface area contributed by atoms with E-state index in [1.54, 1.807) is 0 Å². The number of aliphatic carboxylic acids is 1. The standard InChI is InChI=1S/C20H17ClF3NO3/c21-13-2-4-15(28-19(23)24)16(17(13)22)11-1-3-14(25-9-11)12(18(26)27)8-20-5-10(6-20)7-20/h1-4,9-10,12,19H,5-8H2,(H,26,27). The second-order valence-electron chi connectivity index (χ2n) is 7.66. The summed E-state index contributed by atoms with van der Waals surface area (Å²) in [5, 5.41) is 9.37. The van der Waals surface area contributed by atoms with Crippen LogP contribution in [-0.4, -0.2) is 22.7 Å². The monoisotopic (exact) mass is 411 g/mol. The van der Waals surface area contributed by atoms with Crippen molar-refractivity contribution in [3.8, 4) is 16.9 Å². The third-order valence-corrected chi connectivity index (χ3v) is 6.10. The van der Waals surface area contributed by atoms with E-state index in [0.29, 0.717) is 12.1 Å². The average molecular weight is 412 g/mol. The van der Waals surface area contributed by atoms with Gasteiger partial charge in [-0.15, -0.1) is 0 Å². The number of aromatic nitrogens is 1. The molecule has 1 heterocycles. The largest absolute Gasteiger partial charge is 0.481 e. The van der Waals surface area contributed by atoms with Crippen molar-refractivity contribution in [1.82, 2.24) is 4.98 Å². The molecule has 0 spiro atoms. The first-order chi connectivity index (χ1) is 13.3. The normalized spacial score (nSPS) is 23.7. The summed E-state index contributed by atoms with van der Waals surface area (Å²) in [5.41, 5.74) is 0.415. The molecular weight excluding hydrogens is 395 g/mol. The van der Waals surface area contributed by atoms with Crippen molar-refractivity contribution < 1.29 is 27.8 Å². The van der Waals surface area contributed by atoms with E-state index >= 15 is 0 Å². The first kappa shape index (κ1) is 19.1. The Morgan fingerprint density at radius 1 is 1.29 bits per heavy atom. The fourth-order valence-electron chi connectivity index (χ4n) is 4.41. The first-order valence-corrected chi connectivity index (χ1v) is 9.28. The van der Waals surface area contributed by atoms with Crippen LogP contribution in [-0.2, 0) is 4.79 Å². The molecule has 1 N–H and O–H groups in total. The maximum Gasteiger partial charge on any atom is 0.387 e. The molecule has 3 saturated carbocycles. The zero-order valence-corrected chi connectivity index (χ0v) is 15.4. The quantitative estimate of drug-likeness (QED) is 0.653. The molecule has 1 unspecified atom stereocenters. The third kappa shape index (κ3) is 3.32. The number of benzene rings is 1. The molecule has 2 aromatic rings. The van der Waals surface area contributed by atoms with E-state index in [9.17, 15) is 23.1 Å². The summed E-state index contributed by atoms with van der Waals surface area (Å²) in [6.45, 7) is -3.13. The molecule has 148 valence electrons. The molecule has 28 heavy (non-hydrogen) atoms. The molecule has 3 fully saturated rings. The lowest BCUT2D eigenvalue weighted by molar-refractivity contribution is -0.148. The van der Waals surface area contributed by atoms with Gasteiger partial charge in [-0.1, -0.05) is 17.7 Å². The van der Waals surface area contributed by atoms with Gasteiger partial charge in [-0.2, -0.15) is 8.78 Å². The number of hydrogen-bond donors (Lipinski definition) is 1. The summed E-state index contributed by atoms with van der Waals surface area (Å²) in [4.78, 5) is 15.9. The van der Waals surface area contributed by atoms with Gasteiger partial charge in [0.15, 0.2) is 5.82 Å². The predicted molar refractivity (Wildman–Crippen MR) is 96.0 cm³/mol. The summed E-state index contributed by atoms with van der Waals surface area (Å²) in [6.07, 6.45) is 4.99. The third-order valence-electron chi connectivity index (χ3n) is 5.81. The minimum atomic E-state index is -3.13. The van der Waals surface area contributed by atoms with Crippen LogP contribution in [0.25, 0.3) is 11.1 Å². The number of rotatable bonds is 7. The summed E-state index contributed by atoms with van der Waals surface area (Å²) in [5.74, 6) is -2.24. The second kappa shape index (κ2) is 6.95. The Morgan fingerprint density at radius 3 is 2.50 bits per heavy atom. The summed E-state index contributed by atoms with van der Waals surface area (Å²) >= 11 is 5.78. The Bertz CT molecular complexity index is 903. The Balaban J connectivity index is 1.64. The summed E-state index contributed by atoms with van der Waals surface area (Å²) in [7, 11) is 0. The Labute approximate surface area is 164 Å². The van der Waals surface area contributed by atoms with E-state index in [0.717, 1.165) is 37.3 Å². The molecule has 4 nitrogen and oxygen atoms in total. The zero-order valence-electron chi connectivity index (χ0n) is 14.7. The van der Waals surface area contributed by atoms with Crippen molar-refractivity contribution >= 4 is 17.6 Å². The minimum Gasteiger partial charge on any atom is -0.481 e. The van der Waals surface area contributed by atoms with Gasteiger partial charge in [-0.3, -0.25) is 9.78 Å². The topological polar surface area (TPSA) is 59.4 Å². The van der Waals surface area contributed by atoms with E-state index in [4.69, 9.17) is 11.6 Å². The van der Waals surface area contributed by atoms with E-state index in [1.807, 2.05) is 0 Å². The Morgan fingerprint density at radius 2 is 2.00 bits per heavy atom. The number of carboxylic acids is 1. The highest BCUT2D eigenvalue weighted by Crippen LogP contribution is 2.67. The van der Waals surface area contributed by atoms with Gasteiger partial charge in [0.05, 0.1) is 22.2 Å². The van der Waals surface area contributed by atoms with Gasteiger partial charge >= 0.3 is 12.6 Å². The van der Waals surface area contributed by atoms with Crippen molar-refractivity contribution in [2.45, 2.75) is 38.2 Å². The number of hydrogen-bond acceptors (Lipinski definition) is 3. The molecule has 0 amide bonds. The number of nitrogens with zero attached hydrogens (tertiary/aromatic N) is 1. The van der Waals surface area contributed by atoms with Crippen molar-refractivity contribution in [3.05, 3.63) is 47.0 Å². The van der Waals surface area contributed by atoms with Crippen LogP contribution in [0.5, 0.6) is 5.75 Å². The van der Waals surface area contributed by atoms with Gasteiger partial charge in [-0.05, 0) is 55.2 Å². The van der Waals surface area contributed by atoms with Gasteiger partial charge in [0.25, 0.3) is 0 Å². The van der Waals surface area contributed by atoms with Gasteiger partial charge in [0.2, 0.25) is 0 Å². The number of halogens is 4. The molecule has 1 atom stereocenters. The highest BCUT2D eigenvalue weighted by atomic mass is 35.5. The number of pyridine rings is 1. The van der Waals surface area contributed by atoms with E-state index < -0.39 is 24.3 Å². The van der Waals surface area contributed by atoms with Crippen LogP contribution in [0, 0.1) is 17.2 Å². The van der Waals surface area contributed by atoms with E-state index in [-0.39, 0.29) is 27.3 Å². The number of carboxylic acid groups (broad SMARTS) is 1. The van der Waals surface area contributed by atoms with E-state index in [2.05, 4.69) is 9.72 Å². The molecule has 5 rings (SSSR count). The number of alkyl halides is 2. The number of carbonyl (C=O) groups is 1. The van der Waals surface area contributed by atoms with Crippen molar-refractivity contribution in [1.29, 1.82) is 0 Å². The van der Waals surface area contributed by atoms with Gasteiger partial charge in [0, 0.05) is 11.8 Å². The van der Waals surface area contributed by atoms with Crippen molar-refractivity contribution in [2.24, 2.45) is 11.3 Å². The molecule has 3 aliphatic rings. The highest BCUT2D eigenvalue weighted by Gasteiger charge is 2.57. The van der Waals surface area contributed by atoms with Gasteiger partial charge in [-0.25, -0.2) is 4.39 Å². The molecule has 1 aromatic carbocycles. The van der Waals surface area contributed by atoms with Gasteiger partial charge < -0.3 is 9.84 Å². The average Bonchev–Trinajstić information content (AvgIpc) is 2.56. The van der Waals surface area contributed by atoms with Crippen LogP contribution in [0.2, 0.25) is 5.02 Å². The SMILES string of the molecule is O=C(O)C(CC12CC(C1)C2)c1ccc(-c2c(OC(F)F)ccc(Cl)c2F)cn1. The van der Waals surface area contributed by atoms with Crippen LogP contribution in [0.4, 0.5) is 13.2 Å². The van der Waals surface area contributed by atoms with Gasteiger partial charge in [0.1, 0.15) is 5.75 Å². The summed E-state index contributed by atoms with van der Waals surface area (Å²) in [6, 6.07) is 5.23. The lowest BCUT2D eigenvalue weighted by Crippen LogP contribution is -2.52. The molecule has 1 aromatic heterocycles. The molecular formula is C20H17ClF3NO3. The predicted octanol–water partition coefficient (Wildman–Crippen LogP) is 5.50. The van der Waals surface area contributed by atoms with Crippen LogP contribution in [0.15, 0.2) is 30.5 Å². The smallest absolute Gasteiger partial charge is 0.387 e. The molecule has 8 heteroatoms. The lowest BCUT2D eigenvalue weighted by atomic mass is 9.42. The molecule has 0 aliphatic heterocycles. The van der Waals surface area contributed by atoms with Crippen LogP contribution < -0.4 is 4.74 Å². The minimum absolute atomic E-state index is 0.116. The maximum atomic E-state index is 14.5. The van der Waals surface area contributed by atoms with Crippen LogP contribution >= 0.6 is 11.6 Å². The lowest BCUT2D eigenvalue weighted by Gasteiger charge is -2.62. The molecule has 0 saturated heterocycles. The Kier molecular flexibility index (Phi) is 4.73. The fraction of sp³-hybridized carbons (Fsp3) is 0.400. The van der Waals surface area contributed by atoms with Crippen LogP contribution in [0.3, 0.4) is 0 Å². The highest BCUT2D eigenvalue weighted by molar-refractivity contribution is 6.31. The number of ether oxygens (including phenoxy) is 1. The molecule has 2 bridgehead atoms. The van der Waals surface area contributed by atoms with E-state index in [1.165, 1.54) is 18.3 Å².